The number of fused-ring (bicyclic) bond motifs is 1. The van der Waals surface area contributed by atoms with Gasteiger partial charge in [0.15, 0.2) is 0 Å². The average Bonchev–Trinajstić information content (AvgIpc) is 2.34. The molecule has 1 aliphatic carbocycles. The zero-order valence-corrected chi connectivity index (χ0v) is 7.71. The van der Waals surface area contributed by atoms with Gasteiger partial charge < -0.3 is 0 Å². The smallest absolute Gasteiger partial charge is 0.0564 e. The SMILES string of the molecule is IC1CCc2cccnc21. The molecule has 52 valence electrons. The molecule has 1 atom stereocenters. The van der Waals surface area contributed by atoms with Crippen LogP contribution in [0.25, 0.3) is 0 Å². The largest absolute Gasteiger partial charge is 0.260 e. The van der Waals surface area contributed by atoms with Crippen LogP contribution in [0.15, 0.2) is 18.3 Å². The van der Waals surface area contributed by atoms with E-state index in [1.54, 1.807) is 0 Å². The van der Waals surface area contributed by atoms with E-state index in [1.165, 1.54) is 24.1 Å². The normalized spacial score (nSPS) is 22.7. The van der Waals surface area contributed by atoms with Gasteiger partial charge in [0.2, 0.25) is 0 Å². The summed E-state index contributed by atoms with van der Waals surface area (Å²) < 4.78 is 0.661. The van der Waals surface area contributed by atoms with Crippen molar-refractivity contribution in [3.63, 3.8) is 0 Å². The van der Waals surface area contributed by atoms with Gasteiger partial charge in [0, 0.05) is 6.20 Å². The Kier molecular flexibility index (Phi) is 1.64. The van der Waals surface area contributed by atoms with Crippen LogP contribution >= 0.6 is 22.6 Å². The number of hydrogen-bond acceptors (Lipinski definition) is 1. The standard InChI is InChI=1S/C8H8IN/c9-7-4-3-6-2-1-5-10-8(6)7/h1-2,5,7H,3-4H2. The second-order valence-electron chi connectivity index (χ2n) is 2.55. The van der Waals surface area contributed by atoms with E-state index in [2.05, 4.69) is 33.6 Å². The summed E-state index contributed by atoms with van der Waals surface area (Å²) in [5.74, 6) is 0. The van der Waals surface area contributed by atoms with Gasteiger partial charge in [-0.15, -0.1) is 0 Å². The van der Waals surface area contributed by atoms with E-state index in [-0.39, 0.29) is 0 Å². The van der Waals surface area contributed by atoms with E-state index in [0.717, 1.165) is 0 Å². The van der Waals surface area contributed by atoms with Gasteiger partial charge in [-0.05, 0) is 24.5 Å². The first-order valence-electron chi connectivity index (χ1n) is 3.46. The highest BCUT2D eigenvalue weighted by Gasteiger charge is 2.19. The molecule has 0 radical (unpaired) electrons. The first kappa shape index (κ1) is 6.58. The Morgan fingerprint density at radius 3 is 3.30 bits per heavy atom. The molecule has 1 unspecified atom stereocenters. The number of alkyl halides is 1. The molecule has 1 heterocycles. The molecule has 1 aromatic heterocycles. The number of halogens is 1. The van der Waals surface area contributed by atoms with E-state index in [1.807, 2.05) is 12.3 Å². The van der Waals surface area contributed by atoms with Crippen molar-refractivity contribution in [1.29, 1.82) is 0 Å². The Hall–Kier alpha value is -0.120. The highest BCUT2D eigenvalue weighted by atomic mass is 127. The lowest BCUT2D eigenvalue weighted by molar-refractivity contribution is 0.904. The number of nitrogens with zero attached hydrogens (tertiary/aromatic N) is 1. The molecule has 0 saturated carbocycles. The van der Waals surface area contributed by atoms with Gasteiger partial charge in [-0.3, -0.25) is 4.98 Å². The fraction of sp³-hybridized carbons (Fsp3) is 0.375. The van der Waals surface area contributed by atoms with E-state index in [0.29, 0.717) is 3.92 Å². The Bertz CT molecular complexity index is 247. The van der Waals surface area contributed by atoms with Crippen molar-refractivity contribution in [3.05, 3.63) is 29.6 Å². The average molecular weight is 245 g/mol. The molecule has 0 fully saturated rings. The Morgan fingerprint density at radius 2 is 2.50 bits per heavy atom. The summed E-state index contributed by atoms with van der Waals surface area (Å²) in [4.78, 5) is 4.33. The van der Waals surface area contributed by atoms with Crippen molar-refractivity contribution in [2.75, 3.05) is 0 Å². The molecule has 1 aromatic rings. The maximum atomic E-state index is 4.33. The van der Waals surface area contributed by atoms with Crippen LogP contribution in [0.2, 0.25) is 0 Å². The minimum atomic E-state index is 0.661. The predicted octanol–water partition coefficient (Wildman–Crippen LogP) is 2.50. The summed E-state index contributed by atoms with van der Waals surface area (Å²) in [7, 11) is 0. The van der Waals surface area contributed by atoms with Crippen LogP contribution in [0.4, 0.5) is 0 Å². The van der Waals surface area contributed by atoms with Gasteiger partial charge >= 0.3 is 0 Å². The predicted molar refractivity (Wildman–Crippen MR) is 49.3 cm³/mol. The van der Waals surface area contributed by atoms with Crippen LogP contribution in [-0.4, -0.2) is 4.98 Å². The van der Waals surface area contributed by atoms with Crippen LogP contribution in [0.1, 0.15) is 21.6 Å². The summed E-state index contributed by atoms with van der Waals surface area (Å²) in [5, 5.41) is 0. The van der Waals surface area contributed by atoms with Crippen LogP contribution < -0.4 is 0 Å². The lowest BCUT2D eigenvalue weighted by Crippen LogP contribution is -1.86. The molecule has 0 aliphatic heterocycles. The highest BCUT2D eigenvalue weighted by molar-refractivity contribution is 14.1. The third kappa shape index (κ3) is 0.944. The van der Waals surface area contributed by atoms with Gasteiger partial charge in [-0.25, -0.2) is 0 Å². The van der Waals surface area contributed by atoms with Crippen LogP contribution in [0, 0.1) is 0 Å². The summed E-state index contributed by atoms with van der Waals surface area (Å²) >= 11 is 2.46. The number of rotatable bonds is 0. The van der Waals surface area contributed by atoms with Gasteiger partial charge in [0.1, 0.15) is 0 Å². The molecule has 1 nitrogen and oxygen atoms in total. The molecule has 0 N–H and O–H groups in total. The monoisotopic (exact) mass is 245 g/mol. The van der Waals surface area contributed by atoms with Crippen molar-refractivity contribution in [2.45, 2.75) is 16.8 Å². The summed E-state index contributed by atoms with van der Waals surface area (Å²) in [6, 6.07) is 4.20. The molecule has 0 amide bonds. The molecule has 1 aliphatic rings. The fourth-order valence-electron chi connectivity index (χ4n) is 1.36. The topological polar surface area (TPSA) is 12.9 Å². The molecule has 0 bridgehead atoms. The lowest BCUT2D eigenvalue weighted by atomic mass is 10.2. The number of aryl methyl sites for hydroxylation is 1. The maximum absolute atomic E-state index is 4.33. The third-order valence-corrected chi connectivity index (χ3v) is 3.10. The molecule has 0 saturated heterocycles. The second kappa shape index (κ2) is 2.49. The van der Waals surface area contributed by atoms with Crippen LogP contribution in [0.5, 0.6) is 0 Å². The third-order valence-electron chi connectivity index (χ3n) is 1.89. The van der Waals surface area contributed by atoms with E-state index in [9.17, 15) is 0 Å². The van der Waals surface area contributed by atoms with Gasteiger partial charge in [0.25, 0.3) is 0 Å². The maximum Gasteiger partial charge on any atom is 0.0564 e. The minimum absolute atomic E-state index is 0.661. The number of aromatic nitrogens is 1. The molecule has 2 rings (SSSR count). The quantitative estimate of drug-likeness (QED) is 0.505. The van der Waals surface area contributed by atoms with Crippen molar-refractivity contribution in [1.82, 2.24) is 4.98 Å². The number of hydrogen-bond donors (Lipinski definition) is 0. The Labute approximate surface area is 74.0 Å². The summed E-state index contributed by atoms with van der Waals surface area (Å²) in [6.07, 6.45) is 4.37. The van der Waals surface area contributed by atoms with Crippen LogP contribution in [-0.2, 0) is 6.42 Å². The van der Waals surface area contributed by atoms with Crippen molar-refractivity contribution < 1.29 is 0 Å². The first-order valence-corrected chi connectivity index (χ1v) is 4.70. The zero-order chi connectivity index (χ0) is 6.97. The molecular weight excluding hydrogens is 237 g/mol. The van der Waals surface area contributed by atoms with Crippen LogP contribution in [0.3, 0.4) is 0 Å². The fourth-order valence-corrected chi connectivity index (χ4v) is 2.24. The second-order valence-corrected chi connectivity index (χ2v) is 4.06. The van der Waals surface area contributed by atoms with Crippen molar-refractivity contribution in [2.24, 2.45) is 0 Å². The molecular formula is C8H8IN. The number of pyridine rings is 1. The van der Waals surface area contributed by atoms with Crippen molar-refractivity contribution >= 4 is 22.6 Å². The zero-order valence-electron chi connectivity index (χ0n) is 5.55. The van der Waals surface area contributed by atoms with Gasteiger partial charge in [-0.2, -0.15) is 0 Å². The minimum Gasteiger partial charge on any atom is -0.260 e. The Morgan fingerprint density at radius 1 is 1.60 bits per heavy atom. The summed E-state index contributed by atoms with van der Waals surface area (Å²) in [5.41, 5.74) is 2.75. The summed E-state index contributed by atoms with van der Waals surface area (Å²) in [6.45, 7) is 0. The molecule has 2 heteroatoms. The lowest BCUT2D eigenvalue weighted by Gasteiger charge is -1.98. The first-order chi connectivity index (χ1) is 4.88. The Balaban J connectivity index is 2.51. The van der Waals surface area contributed by atoms with Gasteiger partial charge in [0.05, 0.1) is 9.62 Å². The van der Waals surface area contributed by atoms with E-state index >= 15 is 0 Å². The molecule has 0 spiro atoms. The highest BCUT2D eigenvalue weighted by Crippen LogP contribution is 2.35. The van der Waals surface area contributed by atoms with Crippen molar-refractivity contribution in [3.8, 4) is 0 Å². The van der Waals surface area contributed by atoms with Gasteiger partial charge in [-0.1, -0.05) is 28.7 Å². The van der Waals surface area contributed by atoms with E-state index in [4.69, 9.17) is 0 Å². The molecule has 10 heavy (non-hydrogen) atoms. The molecule has 0 aromatic carbocycles. The van der Waals surface area contributed by atoms with E-state index < -0.39 is 0 Å².